The second-order valence-corrected chi connectivity index (χ2v) is 4.62. The zero-order valence-electron chi connectivity index (χ0n) is 7.48. The fourth-order valence-electron chi connectivity index (χ4n) is 3.10. The predicted octanol–water partition coefficient (Wildman–Crippen LogP) is 1.27. The molecule has 0 aromatic carbocycles. The zero-order chi connectivity index (χ0) is 9.00. The van der Waals surface area contributed by atoms with Crippen molar-refractivity contribution in [1.29, 1.82) is 0 Å². The SMILES string of the molecule is O=C(O)[C@@H]1C[C@H]1C1CC2CCC1O2. The van der Waals surface area contributed by atoms with E-state index in [0.717, 1.165) is 19.3 Å². The monoisotopic (exact) mass is 182 g/mol. The van der Waals surface area contributed by atoms with E-state index in [-0.39, 0.29) is 5.92 Å². The van der Waals surface area contributed by atoms with Crippen LogP contribution in [0, 0.1) is 17.8 Å². The Bertz CT molecular complexity index is 251. The largest absolute Gasteiger partial charge is 0.481 e. The van der Waals surface area contributed by atoms with Gasteiger partial charge in [-0.25, -0.2) is 0 Å². The van der Waals surface area contributed by atoms with Crippen LogP contribution >= 0.6 is 0 Å². The molecule has 5 atom stereocenters. The lowest BCUT2D eigenvalue weighted by Gasteiger charge is -2.17. The number of carboxylic acid groups (broad SMARTS) is 1. The molecule has 13 heavy (non-hydrogen) atoms. The Morgan fingerprint density at radius 2 is 2.08 bits per heavy atom. The molecule has 2 heterocycles. The molecule has 3 unspecified atom stereocenters. The highest BCUT2D eigenvalue weighted by Gasteiger charge is 2.55. The molecule has 3 heteroatoms. The van der Waals surface area contributed by atoms with Gasteiger partial charge in [0.15, 0.2) is 0 Å². The van der Waals surface area contributed by atoms with E-state index in [2.05, 4.69) is 0 Å². The van der Waals surface area contributed by atoms with Crippen LogP contribution in [0.2, 0.25) is 0 Å². The van der Waals surface area contributed by atoms with E-state index in [1.165, 1.54) is 6.42 Å². The van der Waals surface area contributed by atoms with Crippen molar-refractivity contribution in [1.82, 2.24) is 0 Å². The van der Waals surface area contributed by atoms with E-state index in [1.807, 2.05) is 0 Å². The minimum atomic E-state index is -0.604. The molecule has 0 spiro atoms. The molecule has 3 fully saturated rings. The van der Waals surface area contributed by atoms with Crippen LogP contribution in [-0.4, -0.2) is 23.3 Å². The van der Waals surface area contributed by atoms with E-state index in [9.17, 15) is 4.79 Å². The minimum absolute atomic E-state index is 0.0482. The molecule has 3 aliphatic rings. The first-order valence-electron chi connectivity index (χ1n) is 5.14. The number of carboxylic acids is 1. The van der Waals surface area contributed by atoms with Crippen LogP contribution in [0.4, 0.5) is 0 Å². The molecule has 0 amide bonds. The molecule has 2 bridgehead atoms. The molecule has 1 aliphatic carbocycles. The van der Waals surface area contributed by atoms with Crippen LogP contribution in [0.25, 0.3) is 0 Å². The average Bonchev–Trinajstić information content (AvgIpc) is 2.64. The molecule has 0 aromatic rings. The first kappa shape index (κ1) is 7.80. The summed E-state index contributed by atoms with van der Waals surface area (Å²) in [7, 11) is 0. The van der Waals surface area contributed by atoms with Crippen molar-refractivity contribution < 1.29 is 14.6 Å². The van der Waals surface area contributed by atoms with Crippen LogP contribution in [0.5, 0.6) is 0 Å². The van der Waals surface area contributed by atoms with Gasteiger partial charge in [0, 0.05) is 0 Å². The molecule has 3 rings (SSSR count). The van der Waals surface area contributed by atoms with Gasteiger partial charge in [-0.1, -0.05) is 0 Å². The zero-order valence-corrected chi connectivity index (χ0v) is 7.48. The Labute approximate surface area is 77.1 Å². The van der Waals surface area contributed by atoms with Gasteiger partial charge in [0.05, 0.1) is 18.1 Å². The smallest absolute Gasteiger partial charge is 0.306 e. The first-order chi connectivity index (χ1) is 6.25. The average molecular weight is 182 g/mol. The van der Waals surface area contributed by atoms with Crippen molar-refractivity contribution >= 4 is 5.97 Å². The van der Waals surface area contributed by atoms with Crippen molar-refractivity contribution in [2.75, 3.05) is 0 Å². The summed E-state index contributed by atoms with van der Waals surface area (Å²) in [5.41, 5.74) is 0. The number of hydrogen-bond acceptors (Lipinski definition) is 2. The summed E-state index contributed by atoms with van der Waals surface area (Å²) in [6.45, 7) is 0. The predicted molar refractivity (Wildman–Crippen MR) is 45.2 cm³/mol. The van der Waals surface area contributed by atoms with Crippen molar-refractivity contribution in [3.8, 4) is 0 Å². The summed E-state index contributed by atoms with van der Waals surface area (Å²) in [5, 5.41) is 8.81. The lowest BCUT2D eigenvalue weighted by molar-refractivity contribution is -0.139. The third-order valence-electron chi connectivity index (χ3n) is 3.86. The van der Waals surface area contributed by atoms with Gasteiger partial charge in [-0.3, -0.25) is 4.79 Å². The second kappa shape index (κ2) is 2.47. The summed E-state index contributed by atoms with van der Waals surface area (Å²) >= 11 is 0. The highest BCUT2D eigenvalue weighted by molar-refractivity contribution is 5.73. The maximum atomic E-state index is 10.7. The molecule has 0 aromatic heterocycles. The molecule has 2 aliphatic heterocycles. The number of carbonyl (C=O) groups is 1. The number of ether oxygens (including phenoxy) is 1. The van der Waals surface area contributed by atoms with Crippen LogP contribution in [0.1, 0.15) is 25.7 Å². The maximum absolute atomic E-state index is 10.7. The van der Waals surface area contributed by atoms with Gasteiger partial charge in [-0.05, 0) is 37.5 Å². The van der Waals surface area contributed by atoms with Crippen LogP contribution in [-0.2, 0) is 9.53 Å². The molecule has 0 radical (unpaired) electrons. The van der Waals surface area contributed by atoms with E-state index in [1.54, 1.807) is 0 Å². The minimum Gasteiger partial charge on any atom is -0.481 e. The molecule has 3 nitrogen and oxygen atoms in total. The Morgan fingerprint density at radius 1 is 1.23 bits per heavy atom. The van der Waals surface area contributed by atoms with Gasteiger partial charge in [0.1, 0.15) is 0 Å². The Balaban J connectivity index is 1.66. The van der Waals surface area contributed by atoms with Gasteiger partial charge in [-0.15, -0.1) is 0 Å². The number of aliphatic carboxylic acids is 1. The molecular weight excluding hydrogens is 168 g/mol. The maximum Gasteiger partial charge on any atom is 0.306 e. The van der Waals surface area contributed by atoms with Crippen LogP contribution in [0.15, 0.2) is 0 Å². The fraction of sp³-hybridized carbons (Fsp3) is 0.900. The Morgan fingerprint density at radius 3 is 2.54 bits per heavy atom. The van der Waals surface area contributed by atoms with Gasteiger partial charge in [-0.2, -0.15) is 0 Å². The van der Waals surface area contributed by atoms with E-state index >= 15 is 0 Å². The summed E-state index contributed by atoms with van der Waals surface area (Å²) in [6, 6.07) is 0. The second-order valence-electron chi connectivity index (χ2n) is 4.62. The van der Waals surface area contributed by atoms with Crippen LogP contribution < -0.4 is 0 Å². The van der Waals surface area contributed by atoms with Crippen molar-refractivity contribution in [3.63, 3.8) is 0 Å². The lowest BCUT2D eigenvalue weighted by Crippen LogP contribution is -2.20. The van der Waals surface area contributed by atoms with Gasteiger partial charge in [0.2, 0.25) is 0 Å². The molecule has 1 N–H and O–H groups in total. The fourth-order valence-corrected chi connectivity index (χ4v) is 3.10. The standard InChI is InChI=1S/C10H14O3/c11-10(12)8-4-6(8)7-3-5-1-2-9(7)13-5/h5-9H,1-4H2,(H,11,12)/t5?,6-,7?,8+,9?/m0/s1. The quantitative estimate of drug-likeness (QED) is 0.699. The van der Waals surface area contributed by atoms with E-state index < -0.39 is 5.97 Å². The van der Waals surface area contributed by atoms with Gasteiger partial charge >= 0.3 is 5.97 Å². The molecular formula is C10H14O3. The number of rotatable bonds is 2. The Hall–Kier alpha value is -0.570. The Kier molecular flexibility index (Phi) is 1.48. The highest BCUT2D eigenvalue weighted by atomic mass is 16.5. The first-order valence-corrected chi connectivity index (χ1v) is 5.14. The summed E-state index contributed by atoms with van der Waals surface area (Å²) in [5.74, 6) is 0.355. The number of hydrogen-bond donors (Lipinski definition) is 1. The third-order valence-corrected chi connectivity index (χ3v) is 3.86. The van der Waals surface area contributed by atoms with E-state index in [0.29, 0.717) is 24.0 Å². The van der Waals surface area contributed by atoms with Crippen LogP contribution in [0.3, 0.4) is 0 Å². The number of fused-ring (bicyclic) bond motifs is 2. The van der Waals surface area contributed by atoms with Gasteiger partial charge in [0.25, 0.3) is 0 Å². The summed E-state index contributed by atoms with van der Waals surface area (Å²) in [4.78, 5) is 10.7. The summed E-state index contributed by atoms with van der Waals surface area (Å²) in [6.07, 6.45) is 5.25. The molecule has 2 saturated heterocycles. The van der Waals surface area contributed by atoms with E-state index in [4.69, 9.17) is 9.84 Å². The molecule has 1 saturated carbocycles. The normalized spacial score (nSPS) is 52.5. The summed E-state index contributed by atoms with van der Waals surface area (Å²) < 4.78 is 5.72. The van der Waals surface area contributed by atoms with Crippen molar-refractivity contribution in [3.05, 3.63) is 0 Å². The van der Waals surface area contributed by atoms with Crippen molar-refractivity contribution in [2.24, 2.45) is 17.8 Å². The van der Waals surface area contributed by atoms with Gasteiger partial charge < -0.3 is 9.84 Å². The lowest BCUT2D eigenvalue weighted by atomic mass is 9.85. The van der Waals surface area contributed by atoms with Crippen molar-refractivity contribution in [2.45, 2.75) is 37.9 Å². The topological polar surface area (TPSA) is 46.5 Å². The highest BCUT2D eigenvalue weighted by Crippen LogP contribution is 2.54. The molecule has 72 valence electrons. The third kappa shape index (κ3) is 1.10.